The highest BCUT2D eigenvalue weighted by molar-refractivity contribution is 14.1. The molecule has 9 rings (SSSR count). The summed E-state index contributed by atoms with van der Waals surface area (Å²) in [5, 5.41) is 66.3. The van der Waals surface area contributed by atoms with Gasteiger partial charge in [-0.15, -0.1) is 0 Å². The maximum absolute atomic E-state index is 14.7. The summed E-state index contributed by atoms with van der Waals surface area (Å²) in [6.07, 6.45) is -14.3. The van der Waals surface area contributed by atoms with Gasteiger partial charge in [0.2, 0.25) is 29.0 Å². The average Bonchev–Trinajstić information content (AvgIpc) is 0.747. The SMILES string of the molecule is CCN(C(=O)OCc1ccc(NC(=O)[C@H](CCCNC(N)=O)CC(=O)[C@@H](NC(=O)[C@H](CCCCN)CC(C)=O)C(C)C)cc1)[C@H]1CO[C@@H](O[C@H]2[C@H](O[C@H]3C#C/C=C\C#C[C@]4(O)CC(=O)C(CC(C)=O)=C3/C4=C\CSSc3ccccc3)O[C@H](C)[C@@H](NO[C@H]3C[C@H](O)[C@H](SC(=O)c4c(C)c(I)c(O[C@@H]5O[C@@H](C)[C@H](O)[C@@H](OC)[C@H]5O)c(OC)c4OC)[C@@H](C)O3)[C@@H]2O)C[C@@H]1OC. The molecule has 38 heteroatoms. The summed E-state index contributed by atoms with van der Waals surface area (Å²) >= 11 is 2.77. The van der Waals surface area contributed by atoms with E-state index in [0.29, 0.717) is 46.2 Å². The Morgan fingerprint density at radius 1 is 0.781 bits per heavy atom. The number of methoxy groups -OCH3 is 4. The van der Waals surface area contributed by atoms with E-state index in [4.69, 9.17) is 73.1 Å². The van der Waals surface area contributed by atoms with E-state index in [1.54, 1.807) is 78.8 Å². The molecule has 0 saturated carbocycles. The number of carbonyl (C=O) groups is 9. The topological polar surface area (TPSA) is 478 Å². The van der Waals surface area contributed by atoms with Crippen LogP contribution in [0.25, 0.3) is 0 Å². The molecule has 0 aromatic heterocycles. The van der Waals surface area contributed by atoms with Crippen LogP contribution in [0.2, 0.25) is 0 Å². The standard InChI is InChI=1S/C90H120IN7O27S3/c1-14-98(89(111)118-45-54-30-32-57(33-31-54)95-83(107)56(26-24-37-94-88(93)110)41-62(101)72(47(2)3)96-84(108)55(39-48(4)99)25-21-23-36-92)61-46-117-67(43-66(61)113-10)123-80-75(105)73(51(7)120-87(80)122-65-29-20-15-16-22-35-90(112)44-64(103)59(40-49(5)100)70(65)60(90)34-38-126-128-58-27-18-17-19-28-58)97-125-68-42-63(102)82(53(9)119-68)127-85(109)69-50(6)71(91)78(81(116-13)77(69)114-11)124-86-76(106)79(115-12)74(104)52(8)121-86/h15-19,27-28,30-34,47,51-53,55-56,61,63,65-68,72-76,79-80,82,86-87,97,102,104-106,112H,14,21,23-26,36-46,92H2,1-13H3,(H,95,107)(H,96,108)(H3,93,94,110)/b16-15-,60-34+/t51-,52+,53-,55-,56-,61+,63+,65+,66+,67+,68+,72+,73-,74+,75+,76-,79-,80-,82-,86+,87+,90+/m1/s1. The molecular formula is C90H120IN7O27S3. The number of primary amides is 1. The van der Waals surface area contributed by atoms with Gasteiger partial charge in [-0.05, 0) is 157 Å². The van der Waals surface area contributed by atoms with Crippen LogP contribution in [-0.2, 0) is 82.8 Å². The number of nitrogens with zero attached hydrogens (tertiary/aromatic N) is 1. The fourth-order valence-electron chi connectivity index (χ4n) is 16.1. The first-order valence-electron chi connectivity index (χ1n) is 42.6. The summed E-state index contributed by atoms with van der Waals surface area (Å²) in [5.41, 5.74) is 13.4. The number of hydrogen-bond acceptors (Lipinski definition) is 32. The van der Waals surface area contributed by atoms with Crippen molar-refractivity contribution < 1.29 is 130 Å². The van der Waals surface area contributed by atoms with Crippen molar-refractivity contribution in [3.63, 3.8) is 0 Å². The molecule has 0 radical (unpaired) electrons. The van der Waals surface area contributed by atoms with Gasteiger partial charge >= 0.3 is 12.1 Å². The van der Waals surface area contributed by atoms with Gasteiger partial charge < -0.3 is 119 Å². The first-order chi connectivity index (χ1) is 61.1. The van der Waals surface area contributed by atoms with Crippen LogP contribution in [0.5, 0.6) is 17.2 Å². The molecule has 13 N–H and O–H groups in total. The Morgan fingerprint density at radius 2 is 1.48 bits per heavy atom. The highest BCUT2D eigenvalue weighted by Crippen LogP contribution is 2.50. The highest BCUT2D eigenvalue weighted by Gasteiger charge is 2.53. The van der Waals surface area contributed by atoms with Crippen LogP contribution in [0.1, 0.15) is 148 Å². The van der Waals surface area contributed by atoms with Crippen LogP contribution in [0.3, 0.4) is 0 Å². The molecule has 4 aliphatic heterocycles. The molecule has 0 unspecified atom stereocenters. The van der Waals surface area contributed by atoms with Gasteiger partial charge in [-0.2, -0.15) is 5.48 Å². The van der Waals surface area contributed by atoms with E-state index < -0.39 is 180 Å². The van der Waals surface area contributed by atoms with Gasteiger partial charge in [0.1, 0.15) is 54.8 Å². The number of ether oxygens (including phenoxy) is 12. The van der Waals surface area contributed by atoms with E-state index in [-0.39, 0.29) is 134 Å². The summed E-state index contributed by atoms with van der Waals surface area (Å²) in [7, 11) is 8.38. The number of allylic oxidation sites excluding steroid dienone is 3. The molecule has 0 spiro atoms. The summed E-state index contributed by atoms with van der Waals surface area (Å²) in [6.45, 7) is 14.7. The summed E-state index contributed by atoms with van der Waals surface area (Å²) in [4.78, 5) is 131. The van der Waals surface area contributed by atoms with Gasteiger partial charge in [0.05, 0.1) is 90.3 Å². The molecule has 4 heterocycles. The van der Waals surface area contributed by atoms with Crippen molar-refractivity contribution in [2.45, 2.75) is 266 Å². The molecular weight excluding hydrogens is 1830 g/mol. The number of rotatable bonds is 43. The predicted octanol–water partition coefficient (Wildman–Crippen LogP) is 7.52. The third-order valence-electron chi connectivity index (χ3n) is 22.8. The maximum atomic E-state index is 14.7. The number of anilines is 1. The number of aliphatic hydroxyl groups excluding tert-OH is 4. The van der Waals surface area contributed by atoms with E-state index in [9.17, 15) is 68.7 Å². The van der Waals surface area contributed by atoms with Crippen molar-refractivity contribution in [2.24, 2.45) is 29.2 Å². The Bertz CT molecular complexity index is 4570. The monoisotopic (exact) mass is 1950 g/mol. The fraction of sp³-hybridized carbons (Fsp3) is 0.589. The zero-order valence-corrected chi connectivity index (χ0v) is 78.7. The number of hydrogen-bond donors (Lipinski definition) is 11. The Balaban J connectivity index is 0.919. The quantitative estimate of drug-likeness (QED) is 0.00857. The number of unbranched alkanes of at least 4 members (excludes halogenated alkanes) is 1. The lowest BCUT2D eigenvalue weighted by molar-refractivity contribution is -0.337. The van der Waals surface area contributed by atoms with Crippen molar-refractivity contribution in [3.05, 3.63) is 110 Å². The van der Waals surface area contributed by atoms with Gasteiger partial charge in [0.15, 0.2) is 47.5 Å². The van der Waals surface area contributed by atoms with Crippen LogP contribution < -0.4 is 47.1 Å². The number of likely N-dealkylation sites (N-methyl/N-ethyl adjacent to an activating group) is 1. The molecule has 4 fully saturated rings. The van der Waals surface area contributed by atoms with Crippen molar-refractivity contribution >= 4 is 114 Å². The molecule has 128 heavy (non-hydrogen) atoms. The number of hydroxylamine groups is 1. The number of nitrogens with two attached hydrogens (primary N) is 2. The van der Waals surface area contributed by atoms with Gasteiger partial charge in [-0.1, -0.05) is 114 Å². The van der Waals surface area contributed by atoms with Crippen molar-refractivity contribution in [2.75, 3.05) is 65.7 Å². The van der Waals surface area contributed by atoms with Crippen LogP contribution in [0, 0.1) is 51.9 Å². The van der Waals surface area contributed by atoms with Crippen LogP contribution in [-0.4, -0.2) is 264 Å². The van der Waals surface area contributed by atoms with Gasteiger partial charge in [0.25, 0.3) is 0 Å². The van der Waals surface area contributed by atoms with Gasteiger partial charge in [0, 0.05) is 104 Å². The Morgan fingerprint density at radius 3 is 2.12 bits per heavy atom. The van der Waals surface area contributed by atoms with E-state index >= 15 is 0 Å². The minimum absolute atomic E-state index is 0.00269. The highest BCUT2D eigenvalue weighted by atomic mass is 127. The number of halogens is 1. The third-order valence-corrected chi connectivity index (χ3v) is 27.7. The normalized spacial score (nSPS) is 28.2. The Labute approximate surface area is 771 Å². The lowest BCUT2D eigenvalue weighted by Crippen LogP contribution is -2.65. The second kappa shape index (κ2) is 49.7. The molecule has 4 saturated heterocycles. The first kappa shape index (κ1) is 104. The maximum Gasteiger partial charge on any atom is 0.410 e. The summed E-state index contributed by atoms with van der Waals surface area (Å²) < 4.78 is 74.9. The van der Waals surface area contributed by atoms with Crippen molar-refractivity contribution in [3.8, 4) is 40.9 Å². The molecule has 34 nitrogen and oxygen atoms in total. The first-order valence-corrected chi connectivity index (χ1v) is 46.9. The molecule has 3 aromatic rings. The largest absolute Gasteiger partial charge is 0.492 e. The molecule has 2 bridgehead atoms. The number of nitrogens with one attached hydrogen (secondary N) is 4. The molecule has 6 aliphatic rings. The number of ketones is 4. The number of urea groups is 1. The summed E-state index contributed by atoms with van der Waals surface area (Å²) in [5.74, 6) is 7.58. The second-order valence-corrected chi connectivity index (χ2v) is 37.1. The van der Waals surface area contributed by atoms with E-state index in [1.165, 1.54) is 80.9 Å². The average molecular weight is 1960 g/mol. The lowest BCUT2D eigenvalue weighted by Gasteiger charge is -2.47. The van der Waals surface area contributed by atoms with Crippen LogP contribution in [0.15, 0.2) is 94.4 Å². The third kappa shape index (κ3) is 27.5. The second-order valence-electron chi connectivity index (χ2n) is 32.4. The molecule has 22 atom stereocenters. The number of thioether (sulfide) groups is 1. The fourth-order valence-corrected chi connectivity index (χ4v) is 19.7. The number of carbonyl (C=O) groups excluding carboxylic acids is 9. The van der Waals surface area contributed by atoms with Gasteiger partial charge in [-0.3, -0.25) is 33.6 Å². The minimum atomic E-state index is -2.11. The van der Waals surface area contributed by atoms with E-state index in [0.717, 1.165) is 16.7 Å². The predicted molar refractivity (Wildman–Crippen MR) is 483 cm³/mol. The lowest BCUT2D eigenvalue weighted by atomic mass is 9.72. The van der Waals surface area contributed by atoms with Gasteiger partial charge in [-0.25, -0.2) is 9.59 Å². The minimum Gasteiger partial charge on any atom is -0.492 e. The zero-order valence-electron chi connectivity index (χ0n) is 74.1. The van der Waals surface area contributed by atoms with Crippen LogP contribution >= 0.6 is 55.9 Å². The Kier molecular flexibility index (Phi) is 40.4. The number of amides is 5. The van der Waals surface area contributed by atoms with Crippen LogP contribution in [0.4, 0.5) is 15.3 Å². The zero-order chi connectivity index (χ0) is 93.4. The van der Waals surface area contributed by atoms with E-state index in [1.807, 2.05) is 52.9 Å². The molecule has 2 aliphatic carbocycles. The molecule has 3 aromatic carbocycles. The van der Waals surface area contributed by atoms with E-state index in [2.05, 4.69) is 45.1 Å². The van der Waals surface area contributed by atoms with Crippen molar-refractivity contribution in [1.82, 2.24) is 21.0 Å². The molecule has 702 valence electrons. The summed E-state index contributed by atoms with van der Waals surface area (Å²) in [6, 6.07) is 12.3. The molecule has 5 amide bonds. The number of fused-ring (bicyclic) bond motifs is 2. The Hall–Kier alpha value is -7.63. The van der Waals surface area contributed by atoms with Crippen molar-refractivity contribution in [1.29, 1.82) is 0 Å². The number of aliphatic hydroxyl groups is 5. The number of benzene rings is 3. The number of Topliss-reactive ketones (excluding diaryl/α,β-unsaturated/α-hetero) is 4. The smallest absolute Gasteiger partial charge is 0.410 e.